The average molecular weight is 474 g/mol. The van der Waals surface area contributed by atoms with Crippen LogP contribution in [0.1, 0.15) is 39.2 Å². The molecule has 3 rings (SSSR count). The molecular formula is C21H29F2N3O5S. The Morgan fingerprint density at radius 2 is 1.66 bits per heavy atom. The van der Waals surface area contributed by atoms with Crippen molar-refractivity contribution in [3.8, 4) is 0 Å². The van der Waals surface area contributed by atoms with E-state index in [0.29, 0.717) is 39.0 Å². The molecule has 2 saturated heterocycles. The fourth-order valence-corrected chi connectivity index (χ4v) is 4.54. The van der Waals surface area contributed by atoms with Gasteiger partial charge in [-0.2, -0.15) is 0 Å². The summed E-state index contributed by atoms with van der Waals surface area (Å²) in [6.45, 7) is 6.76. The van der Waals surface area contributed by atoms with Crippen LogP contribution in [0.15, 0.2) is 17.0 Å². The molecule has 2 aliphatic rings. The van der Waals surface area contributed by atoms with Crippen LogP contribution in [0.25, 0.3) is 0 Å². The molecule has 0 spiro atoms. The summed E-state index contributed by atoms with van der Waals surface area (Å²) in [6.07, 6.45) is 1.67. The zero-order valence-electron chi connectivity index (χ0n) is 18.7. The number of hydrogen-bond acceptors (Lipinski definition) is 5. The van der Waals surface area contributed by atoms with E-state index >= 15 is 0 Å². The second-order valence-corrected chi connectivity index (χ2v) is 11.2. The highest BCUT2D eigenvalue weighted by molar-refractivity contribution is 7.90. The van der Waals surface area contributed by atoms with Gasteiger partial charge in [0.1, 0.15) is 17.2 Å². The fraction of sp³-hybridized carbons (Fsp3) is 0.619. The summed E-state index contributed by atoms with van der Waals surface area (Å²) in [4.78, 5) is 29.3. The van der Waals surface area contributed by atoms with Crippen LogP contribution in [0, 0.1) is 11.6 Å². The molecule has 0 radical (unpaired) electrons. The van der Waals surface area contributed by atoms with Crippen LogP contribution in [0.3, 0.4) is 0 Å². The van der Waals surface area contributed by atoms with E-state index in [1.165, 1.54) is 4.90 Å². The third-order valence-electron chi connectivity index (χ3n) is 5.58. The molecule has 1 aromatic carbocycles. The maximum atomic E-state index is 14.4. The largest absolute Gasteiger partial charge is 0.444 e. The van der Waals surface area contributed by atoms with Crippen LogP contribution in [-0.4, -0.2) is 79.3 Å². The first-order valence-corrected chi connectivity index (χ1v) is 12.4. The zero-order chi connectivity index (χ0) is 23.8. The molecule has 2 heterocycles. The van der Waals surface area contributed by atoms with Gasteiger partial charge in [-0.3, -0.25) is 0 Å². The van der Waals surface area contributed by atoms with Crippen molar-refractivity contribution in [3.63, 3.8) is 0 Å². The number of amides is 3. The number of ether oxygens (including phenoxy) is 1. The van der Waals surface area contributed by atoms with E-state index in [0.717, 1.165) is 18.4 Å². The topological polar surface area (TPSA) is 87.2 Å². The van der Waals surface area contributed by atoms with E-state index in [1.807, 2.05) is 0 Å². The molecule has 11 heteroatoms. The van der Waals surface area contributed by atoms with Gasteiger partial charge in [-0.1, -0.05) is 0 Å². The molecule has 0 saturated carbocycles. The van der Waals surface area contributed by atoms with Gasteiger partial charge < -0.3 is 19.4 Å². The number of rotatable bonds is 4. The Labute approximate surface area is 187 Å². The Bertz CT molecular complexity index is 978. The van der Waals surface area contributed by atoms with Gasteiger partial charge in [0.05, 0.1) is 11.4 Å². The number of carbonyl (C=O) groups excluding carboxylic acids is 2. The lowest BCUT2D eigenvalue weighted by molar-refractivity contribution is 0.0170. The summed E-state index contributed by atoms with van der Waals surface area (Å²) in [5.74, 6) is -2.00. The monoisotopic (exact) mass is 473 g/mol. The van der Waals surface area contributed by atoms with E-state index in [9.17, 15) is 26.8 Å². The summed E-state index contributed by atoms with van der Waals surface area (Å²) in [7, 11) is -3.75. The highest BCUT2D eigenvalue weighted by Crippen LogP contribution is 2.26. The van der Waals surface area contributed by atoms with Crippen molar-refractivity contribution >= 4 is 22.0 Å². The molecule has 2 fully saturated rings. The lowest BCUT2D eigenvalue weighted by Crippen LogP contribution is -2.49. The predicted octanol–water partition coefficient (Wildman–Crippen LogP) is 3.01. The molecule has 3 amide bonds. The first-order chi connectivity index (χ1) is 14.8. The van der Waals surface area contributed by atoms with E-state index in [1.54, 1.807) is 30.6 Å². The van der Waals surface area contributed by atoms with Gasteiger partial charge in [-0.05, 0) is 45.7 Å². The smallest absolute Gasteiger partial charge is 0.410 e. The second-order valence-electron chi connectivity index (χ2n) is 9.23. The Morgan fingerprint density at radius 1 is 1.09 bits per heavy atom. The maximum Gasteiger partial charge on any atom is 0.410 e. The molecular weight excluding hydrogens is 444 g/mol. The van der Waals surface area contributed by atoms with Crippen molar-refractivity contribution in [2.75, 3.05) is 32.4 Å². The lowest BCUT2D eigenvalue weighted by atomic mass is 10.0. The van der Waals surface area contributed by atoms with Gasteiger partial charge in [-0.15, -0.1) is 0 Å². The Morgan fingerprint density at radius 3 is 2.16 bits per heavy atom. The normalized spacial score (nSPS) is 18.4. The highest BCUT2D eigenvalue weighted by atomic mass is 32.2. The first-order valence-electron chi connectivity index (χ1n) is 10.5. The molecule has 1 aromatic rings. The number of urea groups is 1. The number of nitrogens with zero attached hydrogens (tertiary/aromatic N) is 3. The minimum absolute atomic E-state index is 0.0755. The van der Waals surface area contributed by atoms with Gasteiger partial charge in [0.15, 0.2) is 9.84 Å². The van der Waals surface area contributed by atoms with Crippen LogP contribution in [-0.2, 0) is 21.1 Å². The van der Waals surface area contributed by atoms with Crippen LogP contribution in [0.5, 0.6) is 0 Å². The van der Waals surface area contributed by atoms with E-state index < -0.39 is 32.0 Å². The summed E-state index contributed by atoms with van der Waals surface area (Å²) < 4.78 is 57.3. The van der Waals surface area contributed by atoms with Crippen molar-refractivity contribution in [3.05, 3.63) is 29.3 Å². The molecule has 8 nitrogen and oxygen atoms in total. The predicted molar refractivity (Wildman–Crippen MR) is 113 cm³/mol. The maximum absolute atomic E-state index is 14.4. The van der Waals surface area contributed by atoms with E-state index in [4.69, 9.17) is 4.74 Å². The number of halogens is 2. The second kappa shape index (κ2) is 8.84. The summed E-state index contributed by atoms with van der Waals surface area (Å²) >= 11 is 0. The number of hydrogen-bond donors (Lipinski definition) is 0. The molecule has 32 heavy (non-hydrogen) atoms. The summed E-state index contributed by atoms with van der Waals surface area (Å²) in [6, 6.07) is 1.15. The van der Waals surface area contributed by atoms with Crippen LogP contribution in [0.4, 0.5) is 18.4 Å². The number of carbonyl (C=O) groups is 2. The molecule has 0 atom stereocenters. The number of benzene rings is 1. The van der Waals surface area contributed by atoms with Crippen LogP contribution >= 0.6 is 0 Å². The minimum Gasteiger partial charge on any atom is -0.444 e. The quantitative estimate of drug-likeness (QED) is 0.671. The fourth-order valence-electron chi connectivity index (χ4n) is 3.91. The van der Waals surface area contributed by atoms with Crippen LogP contribution in [0.2, 0.25) is 0 Å². The Balaban J connectivity index is 1.61. The van der Waals surface area contributed by atoms with Gasteiger partial charge in [-0.25, -0.2) is 26.8 Å². The van der Waals surface area contributed by atoms with Crippen molar-refractivity contribution in [2.45, 2.75) is 56.7 Å². The third kappa shape index (κ3) is 5.48. The molecule has 2 aliphatic heterocycles. The van der Waals surface area contributed by atoms with Gasteiger partial charge in [0.25, 0.3) is 0 Å². The van der Waals surface area contributed by atoms with Gasteiger partial charge in [0, 0.05) is 44.0 Å². The Hall–Kier alpha value is -2.43. The first kappa shape index (κ1) is 24.2. The lowest BCUT2D eigenvalue weighted by Gasteiger charge is -2.37. The number of sulfone groups is 1. The van der Waals surface area contributed by atoms with E-state index in [2.05, 4.69) is 0 Å². The molecule has 0 bridgehead atoms. The molecule has 0 aliphatic carbocycles. The van der Waals surface area contributed by atoms with Crippen molar-refractivity contribution in [1.29, 1.82) is 0 Å². The minimum atomic E-state index is -3.75. The SMILES string of the molecule is CC(C)(C)OC(=O)N1CCC(N2CCN(Cc3c(F)cc(S(C)(=O)=O)cc3F)C2=O)CC1. The average Bonchev–Trinajstić information content (AvgIpc) is 3.03. The van der Waals surface area contributed by atoms with Gasteiger partial charge >= 0.3 is 12.1 Å². The summed E-state index contributed by atoms with van der Waals surface area (Å²) in [5.41, 5.74) is -0.920. The number of likely N-dealkylation sites (tertiary alicyclic amines) is 1. The highest BCUT2D eigenvalue weighted by Gasteiger charge is 2.37. The molecule has 178 valence electrons. The molecule has 0 aromatic heterocycles. The Kier molecular flexibility index (Phi) is 6.69. The van der Waals surface area contributed by atoms with E-state index in [-0.39, 0.29) is 30.3 Å². The van der Waals surface area contributed by atoms with Crippen molar-refractivity contribution in [2.24, 2.45) is 0 Å². The molecule has 0 unspecified atom stereocenters. The summed E-state index contributed by atoms with van der Waals surface area (Å²) in [5, 5.41) is 0. The van der Waals surface area contributed by atoms with Crippen molar-refractivity contribution < 1.29 is 31.5 Å². The zero-order valence-corrected chi connectivity index (χ0v) is 19.5. The van der Waals surface area contributed by atoms with Gasteiger partial charge in [0.2, 0.25) is 0 Å². The number of piperidine rings is 1. The van der Waals surface area contributed by atoms with Crippen LogP contribution < -0.4 is 0 Å². The third-order valence-corrected chi connectivity index (χ3v) is 6.67. The standard InChI is InChI=1S/C21H29F2N3O5S/c1-21(2,3)31-20(28)24-7-5-14(6-8-24)26-10-9-25(19(26)27)13-16-17(22)11-15(12-18(16)23)32(4,29)30/h11-12,14H,5-10,13H2,1-4H3. The van der Waals surface area contributed by atoms with Crippen molar-refractivity contribution in [1.82, 2.24) is 14.7 Å². The molecule has 0 N–H and O–H groups in total.